The van der Waals surface area contributed by atoms with E-state index in [-0.39, 0.29) is 128 Å². The van der Waals surface area contributed by atoms with Crippen LogP contribution in [-0.2, 0) is 97.0 Å². The van der Waals surface area contributed by atoms with E-state index in [2.05, 4.69) is 84.9 Å². The van der Waals surface area contributed by atoms with Crippen molar-refractivity contribution in [1.29, 1.82) is 0 Å². The van der Waals surface area contributed by atoms with E-state index >= 15 is 0 Å². The molecule has 5 aromatic heterocycles. The van der Waals surface area contributed by atoms with Crippen molar-refractivity contribution >= 4 is 22.5 Å². The SMILES string of the molecule is CCC(C)c1c(F)cc(O)c(-c2nc(C)sc2C)c1F.CCC(C)c1nc(-c2[c-]ccc(-c3c(F)c(F)c(F)c(F)c3F)c2)c2ccccn12.Cc1c[c-]c(-c2noc(CC(C)(C)C)n2)c(N)c1.Cn1nc(-c2[c-]cc(F)cc2F)nc1CC(C)(C)C.[Ir].[Ir].[Ni].[Pd]. The first-order valence-corrected chi connectivity index (χ1v) is 28.7. The molecule has 0 fully saturated rings. The quantitative estimate of drug-likeness (QED) is 0.0323. The van der Waals surface area contributed by atoms with Crippen LogP contribution in [0.3, 0.4) is 0 Å². The molecule has 3 N–H and O–H groups in total. The predicted octanol–water partition coefficient (Wildman–Crippen LogP) is 17.8. The zero-order chi connectivity index (χ0) is 64.1. The number of phenolic OH excluding ortho intramolecular Hbond substituents is 1. The van der Waals surface area contributed by atoms with Crippen LogP contribution in [0, 0.1) is 102 Å². The van der Waals surface area contributed by atoms with Gasteiger partial charge in [0.05, 0.1) is 22.1 Å². The van der Waals surface area contributed by atoms with Crippen LogP contribution in [0.5, 0.6) is 5.75 Å². The normalized spacial score (nSPS) is 11.7. The number of aryl methyl sites for hydroxylation is 4. The number of aromatic hydroxyl groups is 1. The van der Waals surface area contributed by atoms with Crippen molar-refractivity contribution in [1.82, 2.24) is 39.3 Å². The van der Waals surface area contributed by atoms with Gasteiger partial charge in [0.2, 0.25) is 11.7 Å². The van der Waals surface area contributed by atoms with Gasteiger partial charge in [-0.25, -0.2) is 45.8 Å². The number of fused-ring (bicyclic) bond motifs is 1. The van der Waals surface area contributed by atoms with E-state index in [1.165, 1.54) is 29.5 Å². The molecular formula is C66H67F9Ir2N9NiO2PdS-3. The number of thiazole rings is 1. The molecule has 0 saturated heterocycles. The Hall–Kier alpha value is -5.88. The molecule has 2 atom stereocenters. The Morgan fingerprint density at radius 3 is 1.87 bits per heavy atom. The van der Waals surface area contributed by atoms with Crippen molar-refractivity contribution < 1.29 is 126 Å². The molecule has 2 radical (unpaired) electrons. The standard InChI is InChI=1S/C23H16F5N2.C15H17F2NOS.C14H16F2N3.C14H18N3O.2Ir.Ni.Pd/c1-3-12(2)23-29-22(15-9-4-5-10-30(15)23)14-8-6-7-13(11-14)16-17(24)19(26)21(28)20(27)18(16)25;1-5-7(2)12-10(16)6-11(19)13(14(12)17)15-8(3)20-9(4)18-15;1-14(2,3)8-12-17-13(18-19(12)4)10-6-5-9(15)7-11(10)16;1-9-5-6-10(11(15)7-9)13-16-12(18-17-13)8-14(2,3)4;;;;/h4-7,9-12H,3H2,1-2H3;6-7,19H,5H2,1-4H3;5,7H,8H2,1-4H3;5,7H,8,15H2,1-4H3;;;;/q-1;;2*-1;;;;. The number of halogens is 9. The van der Waals surface area contributed by atoms with Gasteiger partial charge in [-0.05, 0) is 61.3 Å². The van der Waals surface area contributed by atoms with E-state index in [1.807, 2.05) is 82.5 Å². The molecule has 0 saturated carbocycles. The summed E-state index contributed by atoms with van der Waals surface area (Å²) < 4.78 is 133. The Balaban J connectivity index is 0.000000320. The summed E-state index contributed by atoms with van der Waals surface area (Å²) in [7, 11) is 1.76. The van der Waals surface area contributed by atoms with Crippen LogP contribution in [0.1, 0.15) is 132 Å². The monoisotopic (exact) mass is 1770 g/mol. The third kappa shape index (κ3) is 19.2. The molecule has 10 aromatic rings. The largest absolute Gasteiger partial charge is 0.507 e. The number of benzene rings is 5. The molecule has 0 aliphatic carbocycles. The van der Waals surface area contributed by atoms with E-state index in [4.69, 9.17) is 15.2 Å². The minimum absolute atomic E-state index is 0. The van der Waals surface area contributed by atoms with Crippen LogP contribution >= 0.6 is 11.3 Å². The minimum atomic E-state index is -2.19. The molecule has 0 bridgehead atoms. The van der Waals surface area contributed by atoms with Gasteiger partial charge < -0.3 is 19.8 Å². The van der Waals surface area contributed by atoms with Gasteiger partial charge in [-0.3, -0.25) is 23.4 Å². The van der Waals surface area contributed by atoms with Gasteiger partial charge in [0.15, 0.2) is 23.3 Å². The Kier molecular flexibility index (Phi) is 29.0. The van der Waals surface area contributed by atoms with E-state index < -0.39 is 63.7 Å². The van der Waals surface area contributed by atoms with E-state index in [0.29, 0.717) is 46.3 Å². The molecule has 0 spiro atoms. The molecule has 5 aromatic carbocycles. The van der Waals surface area contributed by atoms with Gasteiger partial charge in [-0.1, -0.05) is 105 Å². The Bertz CT molecular complexity index is 4080. The number of nitrogens with zero attached hydrogens (tertiary/aromatic N) is 8. The summed E-state index contributed by atoms with van der Waals surface area (Å²) in [5.74, 6) is -10.2. The second kappa shape index (κ2) is 33.3. The van der Waals surface area contributed by atoms with Gasteiger partial charge in [0.25, 0.3) is 0 Å². The maximum Gasteiger partial charge on any atom is 0.217 e. The first kappa shape index (κ1) is 79.4. The fourth-order valence-electron chi connectivity index (χ4n) is 9.14. The van der Waals surface area contributed by atoms with Crippen LogP contribution in [0.15, 0.2) is 77.4 Å². The molecule has 5 heterocycles. The van der Waals surface area contributed by atoms with Crippen molar-refractivity contribution in [3.63, 3.8) is 0 Å². The summed E-state index contributed by atoms with van der Waals surface area (Å²) in [5, 5.41) is 18.8. The summed E-state index contributed by atoms with van der Waals surface area (Å²) >= 11 is 1.42. The van der Waals surface area contributed by atoms with Gasteiger partial charge in [0, 0.05) is 154 Å². The minimum Gasteiger partial charge on any atom is -0.507 e. The Morgan fingerprint density at radius 2 is 1.30 bits per heavy atom. The second-order valence-corrected chi connectivity index (χ2v) is 24.9. The number of pyridine rings is 1. The molecule has 25 heteroatoms. The van der Waals surface area contributed by atoms with Crippen molar-refractivity contribution in [3.8, 4) is 62.2 Å². The average molecular weight is 1770 g/mol. The van der Waals surface area contributed by atoms with Crippen LogP contribution < -0.4 is 5.73 Å². The van der Waals surface area contributed by atoms with Gasteiger partial charge in [-0.2, -0.15) is 0 Å². The topological polar surface area (TPSA) is 146 Å². The zero-order valence-electron chi connectivity index (χ0n) is 52.0. The average Bonchev–Trinajstić information content (AvgIpc) is 1.80. The first-order chi connectivity index (χ1) is 40.8. The van der Waals surface area contributed by atoms with Crippen LogP contribution in [0.4, 0.5) is 45.2 Å². The number of anilines is 1. The van der Waals surface area contributed by atoms with Crippen molar-refractivity contribution in [2.75, 3.05) is 5.73 Å². The number of nitrogen functional groups attached to an aromatic ring is 1. The fraction of sp³-hybridized carbons (Fsp3) is 0.333. The summed E-state index contributed by atoms with van der Waals surface area (Å²) in [6, 6.07) is 24.7. The summed E-state index contributed by atoms with van der Waals surface area (Å²) in [6.07, 6.45) is 4.79. The fourth-order valence-corrected chi connectivity index (χ4v) is 9.97. The summed E-state index contributed by atoms with van der Waals surface area (Å²) in [6.45, 7) is 25.9. The number of hydrogen-bond donors (Lipinski definition) is 2. The predicted molar refractivity (Wildman–Crippen MR) is 320 cm³/mol. The molecule has 0 aliphatic rings. The van der Waals surface area contributed by atoms with E-state index in [0.717, 1.165) is 70.1 Å². The van der Waals surface area contributed by atoms with Crippen molar-refractivity contribution in [2.45, 2.75) is 128 Å². The third-order valence-corrected chi connectivity index (χ3v) is 14.7. The number of nitrogens with two attached hydrogens (primary N) is 1. The second-order valence-electron chi connectivity index (χ2n) is 23.5. The Morgan fingerprint density at radius 1 is 0.681 bits per heavy atom. The molecule has 11 nitrogen and oxygen atoms in total. The van der Waals surface area contributed by atoms with Gasteiger partial charge in [0.1, 0.15) is 34.9 Å². The first-order valence-electron chi connectivity index (χ1n) is 27.9. The molecule has 2 unspecified atom stereocenters. The molecule has 91 heavy (non-hydrogen) atoms. The molecule has 498 valence electrons. The van der Waals surface area contributed by atoms with Gasteiger partial charge in [-0.15, -0.1) is 82.2 Å². The molecule has 10 rings (SSSR count). The van der Waals surface area contributed by atoms with Crippen molar-refractivity contribution in [3.05, 3.63) is 182 Å². The van der Waals surface area contributed by atoms with E-state index in [1.54, 1.807) is 18.7 Å². The van der Waals surface area contributed by atoms with E-state index in [9.17, 15) is 44.6 Å². The summed E-state index contributed by atoms with van der Waals surface area (Å²) in [4.78, 5) is 18.4. The smallest absolute Gasteiger partial charge is 0.217 e. The number of phenols is 1. The zero-order valence-corrected chi connectivity index (χ0v) is 60.2. The number of aromatic nitrogens is 8. The maximum absolute atomic E-state index is 14.7. The van der Waals surface area contributed by atoms with Crippen LogP contribution in [0.25, 0.3) is 61.9 Å². The maximum atomic E-state index is 14.7. The number of imidazole rings is 1. The number of rotatable bonds is 11. The number of hydrogen-bond acceptors (Lipinski definition) is 10. The van der Waals surface area contributed by atoms with Crippen molar-refractivity contribution in [2.24, 2.45) is 17.9 Å². The van der Waals surface area contributed by atoms with Crippen LogP contribution in [-0.4, -0.2) is 44.4 Å². The summed E-state index contributed by atoms with van der Waals surface area (Å²) in [5.41, 5.74) is 9.52. The Labute approximate surface area is 579 Å². The molecule has 0 amide bonds. The van der Waals surface area contributed by atoms with Crippen LogP contribution in [0.2, 0.25) is 0 Å². The third-order valence-electron chi connectivity index (χ3n) is 13.8. The van der Waals surface area contributed by atoms with Gasteiger partial charge >= 0.3 is 0 Å². The molecule has 0 aliphatic heterocycles. The molecular weight excluding hydrogens is 1700 g/mol.